The number of rotatable bonds is 0. The minimum absolute atomic E-state index is 1.06. The molecule has 0 bridgehead atoms. The lowest BCUT2D eigenvalue weighted by Gasteiger charge is -1.86. The van der Waals surface area contributed by atoms with Crippen LogP contribution in [0.25, 0.3) is 5.52 Å². The molecule has 0 amide bonds. The van der Waals surface area contributed by atoms with Gasteiger partial charge < -0.3 is 0 Å². The highest BCUT2D eigenvalue weighted by molar-refractivity contribution is 5.46. The minimum atomic E-state index is 1.06. The molecule has 84 valence electrons. The summed E-state index contributed by atoms with van der Waals surface area (Å²) in [6.07, 6.45) is 3.20. The molecule has 2 heteroatoms. The maximum Gasteiger partial charge on any atom is 0.0664 e. The average molecular weight is 206 g/mol. The first-order chi connectivity index (χ1) is 7.27. The molecule has 15 heavy (non-hydrogen) atoms. The second kappa shape index (κ2) is 8.04. The van der Waals surface area contributed by atoms with E-state index in [2.05, 4.69) is 25.0 Å². The summed E-state index contributed by atoms with van der Waals surface area (Å²) >= 11 is 0. The molecule has 0 aliphatic heterocycles. The molecule has 2 nitrogen and oxygen atoms in total. The number of aryl methyl sites for hydroxylation is 1. The topological polar surface area (TPSA) is 17.3 Å². The van der Waals surface area contributed by atoms with Gasteiger partial charge in [-0.05, 0) is 25.1 Å². The molecule has 0 radical (unpaired) electrons. The van der Waals surface area contributed by atoms with Gasteiger partial charge >= 0.3 is 0 Å². The number of fused-ring (bicyclic) bond motifs is 1. The van der Waals surface area contributed by atoms with Gasteiger partial charge in [-0.1, -0.05) is 40.2 Å². The van der Waals surface area contributed by atoms with Crippen molar-refractivity contribution >= 4 is 5.52 Å². The zero-order chi connectivity index (χ0) is 11.7. The van der Waals surface area contributed by atoms with E-state index in [1.165, 1.54) is 6.42 Å². The highest BCUT2D eigenvalue weighted by Gasteiger charge is 1.92. The Labute approximate surface area is 92.9 Å². The summed E-state index contributed by atoms with van der Waals surface area (Å²) in [7, 11) is 0. The second-order valence-corrected chi connectivity index (χ2v) is 3.06. The molecule has 0 unspecified atom stereocenters. The van der Waals surface area contributed by atoms with Crippen molar-refractivity contribution in [3.8, 4) is 0 Å². The highest BCUT2D eigenvalue weighted by Crippen LogP contribution is 2.03. The fourth-order valence-corrected chi connectivity index (χ4v) is 1.07. The van der Waals surface area contributed by atoms with Gasteiger partial charge in [0.05, 0.1) is 11.2 Å². The summed E-state index contributed by atoms with van der Waals surface area (Å²) in [5.74, 6) is 0. The first kappa shape index (κ1) is 13.7. The number of pyridine rings is 1. The van der Waals surface area contributed by atoms with E-state index in [1.54, 1.807) is 0 Å². The molecular formula is C13H22N2. The predicted molar refractivity (Wildman–Crippen MR) is 67.2 cm³/mol. The van der Waals surface area contributed by atoms with Crippen molar-refractivity contribution in [1.29, 1.82) is 0 Å². The van der Waals surface area contributed by atoms with Gasteiger partial charge in [0.2, 0.25) is 0 Å². The molecule has 0 spiro atoms. The van der Waals surface area contributed by atoms with E-state index in [9.17, 15) is 0 Å². The fraction of sp³-hybridized carbons (Fsp3) is 0.462. The van der Waals surface area contributed by atoms with Crippen molar-refractivity contribution in [2.24, 2.45) is 0 Å². The lowest BCUT2D eigenvalue weighted by Crippen LogP contribution is -1.83. The fourth-order valence-electron chi connectivity index (χ4n) is 1.07. The third-order valence-electron chi connectivity index (χ3n) is 1.49. The van der Waals surface area contributed by atoms with Crippen LogP contribution in [0.3, 0.4) is 0 Å². The van der Waals surface area contributed by atoms with E-state index in [1.807, 2.05) is 49.7 Å². The molecule has 0 aromatic carbocycles. The van der Waals surface area contributed by atoms with Crippen LogP contribution in [0.4, 0.5) is 0 Å². The Kier molecular flexibility index (Phi) is 7.33. The first-order valence-corrected chi connectivity index (χ1v) is 5.69. The Morgan fingerprint density at radius 3 is 2.33 bits per heavy atom. The predicted octanol–water partition coefficient (Wildman–Crippen LogP) is 4.09. The largest absolute Gasteiger partial charge is 0.241 e. The van der Waals surface area contributed by atoms with E-state index >= 15 is 0 Å². The third-order valence-corrected chi connectivity index (χ3v) is 1.49. The molecule has 0 N–H and O–H groups in total. The van der Waals surface area contributed by atoms with Crippen LogP contribution in [0.1, 0.15) is 39.8 Å². The van der Waals surface area contributed by atoms with Crippen molar-refractivity contribution in [2.45, 2.75) is 41.0 Å². The van der Waals surface area contributed by atoms with Gasteiger partial charge in [-0.3, -0.25) is 0 Å². The Morgan fingerprint density at radius 2 is 1.80 bits per heavy atom. The van der Waals surface area contributed by atoms with Crippen molar-refractivity contribution in [3.63, 3.8) is 0 Å². The van der Waals surface area contributed by atoms with Crippen LogP contribution in [0.15, 0.2) is 30.5 Å². The Bertz CT molecular complexity index is 330. The Hall–Kier alpha value is -1.31. The molecule has 0 fully saturated rings. The van der Waals surface area contributed by atoms with E-state index in [4.69, 9.17) is 0 Å². The molecule has 0 atom stereocenters. The van der Waals surface area contributed by atoms with Crippen LogP contribution >= 0.6 is 0 Å². The number of nitrogens with zero attached hydrogens (tertiary/aromatic N) is 2. The number of aromatic nitrogens is 2. The molecule has 0 saturated heterocycles. The molecule has 0 saturated carbocycles. The lowest BCUT2D eigenvalue weighted by molar-refractivity contribution is 0.934. The van der Waals surface area contributed by atoms with Crippen LogP contribution in [0.5, 0.6) is 0 Å². The van der Waals surface area contributed by atoms with Gasteiger partial charge in [0, 0.05) is 6.20 Å². The van der Waals surface area contributed by atoms with Gasteiger partial charge in [-0.15, -0.1) is 0 Å². The maximum absolute atomic E-state index is 4.23. The second-order valence-electron chi connectivity index (χ2n) is 3.06. The van der Waals surface area contributed by atoms with Gasteiger partial charge in [-0.2, -0.15) is 5.10 Å². The monoisotopic (exact) mass is 206 g/mol. The van der Waals surface area contributed by atoms with Crippen LogP contribution in [-0.4, -0.2) is 9.61 Å². The van der Waals surface area contributed by atoms with E-state index < -0.39 is 0 Å². The summed E-state index contributed by atoms with van der Waals surface area (Å²) in [5.41, 5.74) is 2.21. The number of hydrogen-bond donors (Lipinski definition) is 0. The SMILES string of the molecule is CC.CCC.Cc1cc2ccccn2n1. The molecule has 0 aliphatic rings. The minimum Gasteiger partial charge on any atom is -0.241 e. The van der Waals surface area contributed by atoms with Gasteiger partial charge in [0.1, 0.15) is 0 Å². The lowest BCUT2D eigenvalue weighted by atomic mass is 10.4. The average Bonchev–Trinajstić information content (AvgIpc) is 2.62. The molecular weight excluding hydrogens is 184 g/mol. The molecule has 0 aliphatic carbocycles. The van der Waals surface area contributed by atoms with E-state index in [-0.39, 0.29) is 0 Å². The summed E-state index contributed by atoms with van der Waals surface area (Å²) in [5, 5.41) is 4.23. The third kappa shape index (κ3) is 4.63. The van der Waals surface area contributed by atoms with Crippen molar-refractivity contribution in [3.05, 3.63) is 36.2 Å². The van der Waals surface area contributed by atoms with Crippen LogP contribution in [0, 0.1) is 6.92 Å². The maximum atomic E-state index is 4.23. The van der Waals surface area contributed by atoms with E-state index in [0.29, 0.717) is 0 Å². The van der Waals surface area contributed by atoms with Crippen molar-refractivity contribution < 1.29 is 0 Å². The Morgan fingerprint density at radius 1 is 1.20 bits per heavy atom. The first-order valence-electron chi connectivity index (χ1n) is 5.69. The number of hydrogen-bond acceptors (Lipinski definition) is 1. The summed E-state index contributed by atoms with van der Waals surface area (Å²) in [4.78, 5) is 0. The molecule has 2 rings (SSSR count). The summed E-state index contributed by atoms with van der Waals surface area (Å²) in [6.45, 7) is 10.2. The van der Waals surface area contributed by atoms with E-state index in [0.717, 1.165) is 11.2 Å². The smallest absolute Gasteiger partial charge is 0.0664 e. The zero-order valence-corrected chi connectivity index (χ0v) is 10.5. The van der Waals surface area contributed by atoms with Crippen molar-refractivity contribution in [1.82, 2.24) is 9.61 Å². The van der Waals surface area contributed by atoms with Crippen LogP contribution < -0.4 is 0 Å². The standard InChI is InChI=1S/C8H8N2.C3H8.C2H6/c1-7-6-8-4-2-3-5-10(8)9-7;1-3-2;1-2/h2-6H,1H3;3H2,1-2H3;1-2H3. The quantitative estimate of drug-likeness (QED) is 0.634. The summed E-state index contributed by atoms with van der Waals surface area (Å²) in [6, 6.07) is 8.08. The molecule has 2 heterocycles. The summed E-state index contributed by atoms with van der Waals surface area (Å²) < 4.78 is 1.87. The van der Waals surface area contributed by atoms with Crippen LogP contribution in [0.2, 0.25) is 0 Å². The Balaban J connectivity index is 0.000000342. The van der Waals surface area contributed by atoms with Gasteiger partial charge in [0.25, 0.3) is 0 Å². The highest BCUT2D eigenvalue weighted by atomic mass is 15.2. The van der Waals surface area contributed by atoms with Gasteiger partial charge in [-0.25, -0.2) is 4.52 Å². The molecule has 2 aromatic rings. The van der Waals surface area contributed by atoms with Crippen molar-refractivity contribution in [2.75, 3.05) is 0 Å². The van der Waals surface area contributed by atoms with Gasteiger partial charge in [0.15, 0.2) is 0 Å². The normalized spacial score (nSPS) is 8.60. The molecule has 2 aromatic heterocycles. The zero-order valence-electron chi connectivity index (χ0n) is 10.5. The van der Waals surface area contributed by atoms with Crippen LogP contribution in [-0.2, 0) is 0 Å².